The van der Waals surface area contributed by atoms with Crippen molar-refractivity contribution in [3.63, 3.8) is 0 Å². The van der Waals surface area contributed by atoms with Crippen molar-refractivity contribution < 1.29 is 24.2 Å². The van der Waals surface area contributed by atoms with Crippen LogP contribution in [0.5, 0.6) is 0 Å². The molecule has 1 atom stereocenters. The van der Waals surface area contributed by atoms with Gasteiger partial charge in [0.1, 0.15) is 12.6 Å². The van der Waals surface area contributed by atoms with Crippen LogP contribution in [0.4, 0.5) is 5.69 Å². The van der Waals surface area contributed by atoms with Crippen LogP contribution in [0.15, 0.2) is 12.1 Å². The van der Waals surface area contributed by atoms with Crippen LogP contribution in [-0.4, -0.2) is 50.5 Å². The third-order valence-electron chi connectivity index (χ3n) is 3.53. The van der Waals surface area contributed by atoms with Crippen LogP contribution < -0.4 is 4.90 Å². The van der Waals surface area contributed by atoms with Crippen LogP contribution in [0.2, 0.25) is 5.02 Å². The fourth-order valence-electron chi connectivity index (χ4n) is 2.44. The molecule has 0 aliphatic carbocycles. The van der Waals surface area contributed by atoms with Gasteiger partial charge in [-0.2, -0.15) is 0 Å². The third kappa shape index (κ3) is 4.43. The van der Waals surface area contributed by atoms with Gasteiger partial charge < -0.3 is 14.6 Å². The number of amides is 1. The van der Waals surface area contributed by atoms with Gasteiger partial charge in [-0.1, -0.05) is 17.7 Å². The van der Waals surface area contributed by atoms with Crippen molar-refractivity contribution in [2.24, 2.45) is 0 Å². The van der Waals surface area contributed by atoms with E-state index in [4.69, 9.17) is 21.1 Å². The van der Waals surface area contributed by atoms with E-state index in [1.165, 1.54) is 19.1 Å². The molecule has 0 radical (unpaired) electrons. The number of nitrogens with zero attached hydrogens (tertiary/aromatic N) is 1. The lowest BCUT2D eigenvalue weighted by molar-refractivity contribution is -0.144. The van der Waals surface area contributed by atoms with Gasteiger partial charge in [0.05, 0.1) is 12.8 Å². The summed E-state index contributed by atoms with van der Waals surface area (Å²) in [6.45, 7) is 3.11. The molecular formula is C16H22ClNO5. The predicted octanol–water partition coefficient (Wildman–Crippen LogP) is 1.86. The van der Waals surface area contributed by atoms with Crippen molar-refractivity contribution in [3.8, 4) is 0 Å². The summed E-state index contributed by atoms with van der Waals surface area (Å²) in [7, 11) is 2.64. The number of ether oxygens (including phenoxy) is 2. The Bertz CT molecular complexity index is 576. The monoisotopic (exact) mass is 343 g/mol. The molecule has 1 amide bonds. The molecule has 0 aliphatic heterocycles. The first-order valence-electron chi connectivity index (χ1n) is 7.14. The Morgan fingerprint density at radius 2 is 1.96 bits per heavy atom. The Morgan fingerprint density at radius 3 is 2.48 bits per heavy atom. The zero-order chi connectivity index (χ0) is 17.6. The number of aliphatic hydroxyl groups excluding tert-OH is 1. The lowest BCUT2D eigenvalue weighted by Crippen LogP contribution is -2.48. The molecule has 1 N–H and O–H groups in total. The maximum atomic E-state index is 12.6. The first-order valence-corrected chi connectivity index (χ1v) is 7.52. The molecule has 7 heteroatoms. The van der Waals surface area contributed by atoms with E-state index in [9.17, 15) is 14.7 Å². The maximum absolute atomic E-state index is 12.6. The van der Waals surface area contributed by atoms with Gasteiger partial charge in [0.25, 0.3) is 5.91 Å². The number of hydrogen-bond donors (Lipinski definition) is 1. The molecule has 0 aromatic heterocycles. The first-order chi connectivity index (χ1) is 10.9. The van der Waals surface area contributed by atoms with Crippen molar-refractivity contribution in [1.82, 2.24) is 0 Å². The highest BCUT2D eigenvalue weighted by Crippen LogP contribution is 2.32. The van der Waals surface area contributed by atoms with Crippen LogP contribution >= 0.6 is 11.6 Å². The molecule has 1 rings (SSSR count). The summed E-state index contributed by atoms with van der Waals surface area (Å²) < 4.78 is 9.71. The smallest absolute Gasteiger partial charge is 0.329 e. The Labute approximate surface area is 140 Å². The van der Waals surface area contributed by atoms with E-state index in [1.54, 1.807) is 19.1 Å². The Kier molecular flexibility index (Phi) is 7.48. The molecule has 0 heterocycles. The Balaban J connectivity index is 3.49. The summed E-state index contributed by atoms with van der Waals surface area (Å²) >= 11 is 6.17. The molecule has 1 aromatic rings. The fourth-order valence-corrected chi connectivity index (χ4v) is 2.59. The summed E-state index contributed by atoms with van der Waals surface area (Å²) in [5.74, 6) is -1.02. The average Bonchev–Trinajstić information content (AvgIpc) is 2.53. The van der Waals surface area contributed by atoms with Gasteiger partial charge in [0, 0.05) is 25.2 Å². The first kappa shape index (κ1) is 19.4. The van der Waals surface area contributed by atoms with Crippen LogP contribution in [-0.2, 0) is 19.1 Å². The van der Waals surface area contributed by atoms with Gasteiger partial charge in [0.2, 0.25) is 0 Å². The lowest BCUT2D eigenvalue weighted by atomic mass is 10.0. The topological polar surface area (TPSA) is 76.1 Å². The SMILES string of the molecule is COCC(=O)N(c1c(C)ccc(Cl)c1C)C(CCO)C(=O)OC. The number of rotatable bonds is 7. The Morgan fingerprint density at radius 1 is 1.30 bits per heavy atom. The van der Waals surface area contributed by atoms with Gasteiger partial charge in [-0.3, -0.25) is 9.69 Å². The molecule has 0 bridgehead atoms. The molecule has 0 saturated carbocycles. The summed E-state index contributed by atoms with van der Waals surface area (Å²) in [6.07, 6.45) is 0.0491. The number of aryl methyl sites for hydroxylation is 1. The molecule has 23 heavy (non-hydrogen) atoms. The number of aliphatic hydroxyl groups is 1. The normalized spacial score (nSPS) is 11.9. The quantitative estimate of drug-likeness (QED) is 0.765. The largest absolute Gasteiger partial charge is 0.467 e. The predicted molar refractivity (Wildman–Crippen MR) is 87.8 cm³/mol. The second-order valence-corrected chi connectivity index (χ2v) is 5.49. The van der Waals surface area contributed by atoms with Crippen molar-refractivity contribution >= 4 is 29.2 Å². The highest BCUT2D eigenvalue weighted by Gasteiger charge is 2.33. The highest BCUT2D eigenvalue weighted by molar-refractivity contribution is 6.32. The number of carbonyl (C=O) groups is 2. The van der Waals surface area contributed by atoms with E-state index < -0.39 is 17.9 Å². The second kappa shape index (κ2) is 8.86. The van der Waals surface area contributed by atoms with Crippen molar-refractivity contribution in [2.45, 2.75) is 26.3 Å². The minimum absolute atomic E-state index is 0.0491. The number of benzene rings is 1. The van der Waals surface area contributed by atoms with Gasteiger partial charge in [-0.15, -0.1) is 0 Å². The number of methoxy groups -OCH3 is 2. The van der Waals surface area contributed by atoms with Crippen molar-refractivity contribution in [1.29, 1.82) is 0 Å². The lowest BCUT2D eigenvalue weighted by Gasteiger charge is -2.32. The van der Waals surface area contributed by atoms with Gasteiger partial charge in [-0.25, -0.2) is 4.79 Å². The number of halogens is 1. The maximum Gasteiger partial charge on any atom is 0.329 e. The molecule has 0 aliphatic rings. The van der Waals surface area contributed by atoms with E-state index in [1.807, 2.05) is 6.92 Å². The van der Waals surface area contributed by atoms with Gasteiger partial charge in [-0.05, 0) is 31.0 Å². The second-order valence-electron chi connectivity index (χ2n) is 5.09. The minimum Gasteiger partial charge on any atom is -0.467 e. The summed E-state index contributed by atoms with van der Waals surface area (Å²) in [4.78, 5) is 26.0. The third-order valence-corrected chi connectivity index (χ3v) is 3.94. The van der Waals surface area contributed by atoms with Crippen LogP contribution in [0.25, 0.3) is 0 Å². The molecule has 0 spiro atoms. The summed E-state index contributed by atoms with van der Waals surface area (Å²) in [5, 5.41) is 9.76. The molecule has 1 unspecified atom stereocenters. The molecule has 0 fully saturated rings. The van der Waals surface area contributed by atoms with Crippen molar-refractivity contribution in [3.05, 3.63) is 28.3 Å². The van der Waals surface area contributed by atoms with E-state index in [-0.39, 0.29) is 19.6 Å². The Hall–Kier alpha value is -1.63. The number of carbonyl (C=O) groups excluding carboxylic acids is 2. The van der Waals surface area contributed by atoms with E-state index in [0.717, 1.165) is 5.56 Å². The highest BCUT2D eigenvalue weighted by atomic mass is 35.5. The van der Waals surface area contributed by atoms with E-state index in [2.05, 4.69) is 0 Å². The zero-order valence-electron chi connectivity index (χ0n) is 13.8. The average molecular weight is 344 g/mol. The van der Waals surface area contributed by atoms with Crippen LogP contribution in [0.1, 0.15) is 17.5 Å². The fraction of sp³-hybridized carbons (Fsp3) is 0.500. The minimum atomic E-state index is -0.955. The molecule has 6 nitrogen and oxygen atoms in total. The molecule has 1 aromatic carbocycles. The zero-order valence-corrected chi connectivity index (χ0v) is 14.5. The van der Waals surface area contributed by atoms with Crippen LogP contribution in [0.3, 0.4) is 0 Å². The van der Waals surface area contributed by atoms with E-state index >= 15 is 0 Å². The standard InChI is InChI=1S/C16H22ClNO5/c1-10-5-6-12(17)11(2)15(10)18(14(20)9-22-3)13(7-8-19)16(21)23-4/h5-6,13,19H,7-9H2,1-4H3. The van der Waals surface area contributed by atoms with E-state index in [0.29, 0.717) is 16.3 Å². The number of anilines is 1. The van der Waals surface area contributed by atoms with Gasteiger partial charge >= 0.3 is 5.97 Å². The van der Waals surface area contributed by atoms with Gasteiger partial charge in [0.15, 0.2) is 0 Å². The molecule has 128 valence electrons. The summed E-state index contributed by atoms with van der Waals surface area (Å²) in [5.41, 5.74) is 1.98. The number of esters is 1. The molecule has 0 saturated heterocycles. The number of hydrogen-bond acceptors (Lipinski definition) is 5. The summed E-state index contributed by atoms with van der Waals surface area (Å²) in [6, 6.07) is 2.54. The van der Waals surface area contributed by atoms with Crippen LogP contribution in [0, 0.1) is 13.8 Å². The molecular weight excluding hydrogens is 322 g/mol. The van der Waals surface area contributed by atoms with Crippen molar-refractivity contribution in [2.75, 3.05) is 32.3 Å².